The van der Waals surface area contributed by atoms with Crippen LogP contribution in [-0.4, -0.2) is 41.7 Å². The molecule has 1 aliphatic heterocycles. The van der Waals surface area contributed by atoms with Crippen molar-refractivity contribution in [1.82, 2.24) is 20.4 Å². The summed E-state index contributed by atoms with van der Waals surface area (Å²) in [6, 6.07) is 2.09. The molecule has 0 bridgehead atoms. The topological polar surface area (TPSA) is 67.3 Å². The number of aryl methyl sites for hydroxylation is 2. The Balaban J connectivity index is 0.00000147. The maximum absolute atomic E-state index is 5.49. The van der Waals surface area contributed by atoms with E-state index in [4.69, 9.17) is 8.94 Å². The van der Waals surface area contributed by atoms with E-state index >= 15 is 0 Å². The lowest BCUT2D eigenvalue weighted by molar-refractivity contribution is 0.190. The summed E-state index contributed by atoms with van der Waals surface area (Å²) in [4.78, 5) is 6.74. The molecule has 2 aromatic heterocycles. The van der Waals surface area contributed by atoms with Crippen molar-refractivity contribution in [2.24, 2.45) is 0 Å². The van der Waals surface area contributed by atoms with Gasteiger partial charge in [0.25, 0.3) is 5.89 Å². The summed E-state index contributed by atoms with van der Waals surface area (Å²) < 4.78 is 10.9. The molecule has 1 fully saturated rings. The van der Waals surface area contributed by atoms with Gasteiger partial charge in [-0.15, -0.1) is 12.4 Å². The maximum Gasteiger partial charge on any atom is 0.261 e. The van der Waals surface area contributed by atoms with Crippen LogP contribution in [-0.2, 0) is 0 Å². The van der Waals surface area contributed by atoms with Gasteiger partial charge in [0.1, 0.15) is 11.5 Å². The molecule has 1 atom stereocenters. The summed E-state index contributed by atoms with van der Waals surface area (Å²) in [6.45, 7) is 6.64. The molecule has 1 saturated heterocycles. The average molecular weight is 299 g/mol. The second-order valence-corrected chi connectivity index (χ2v) is 4.99. The van der Waals surface area contributed by atoms with E-state index in [1.165, 1.54) is 0 Å². The number of aromatic nitrogens is 2. The number of halogens is 1. The second kappa shape index (κ2) is 5.95. The number of likely N-dealkylation sites (N-methyl/N-ethyl adjacent to an activating group) is 1. The van der Waals surface area contributed by atoms with Gasteiger partial charge in [-0.1, -0.05) is 5.16 Å². The molecule has 2 aromatic rings. The fraction of sp³-hybridized carbons (Fsp3) is 0.538. The summed E-state index contributed by atoms with van der Waals surface area (Å²) in [5.74, 6) is 2.91. The highest BCUT2D eigenvalue weighted by atomic mass is 35.5. The Morgan fingerprint density at radius 3 is 2.85 bits per heavy atom. The summed E-state index contributed by atoms with van der Waals surface area (Å²) in [5.41, 5.74) is 0.877. The van der Waals surface area contributed by atoms with Crippen molar-refractivity contribution in [3.8, 4) is 11.5 Å². The van der Waals surface area contributed by atoms with Crippen LogP contribution in [0, 0.1) is 13.8 Å². The van der Waals surface area contributed by atoms with Gasteiger partial charge in [0.05, 0.1) is 11.6 Å². The second-order valence-electron chi connectivity index (χ2n) is 4.99. The molecule has 110 valence electrons. The Labute approximate surface area is 123 Å². The van der Waals surface area contributed by atoms with Crippen LogP contribution in [0.3, 0.4) is 0 Å². The number of furan rings is 1. The molecule has 1 N–H and O–H groups in total. The van der Waals surface area contributed by atoms with Crippen LogP contribution < -0.4 is 5.32 Å². The van der Waals surface area contributed by atoms with E-state index in [0.29, 0.717) is 5.89 Å². The van der Waals surface area contributed by atoms with Gasteiger partial charge in [-0.05, 0) is 27.0 Å². The molecule has 0 spiro atoms. The number of hydrogen-bond donors (Lipinski definition) is 1. The number of piperazine rings is 1. The smallest absolute Gasteiger partial charge is 0.261 e. The molecule has 20 heavy (non-hydrogen) atoms. The Bertz CT molecular complexity index is 581. The van der Waals surface area contributed by atoms with Crippen LogP contribution in [0.15, 0.2) is 15.0 Å². The van der Waals surface area contributed by atoms with Gasteiger partial charge in [0.15, 0.2) is 5.82 Å². The predicted octanol–water partition coefficient (Wildman–Crippen LogP) is 1.94. The molecule has 0 aromatic carbocycles. The molecular weight excluding hydrogens is 280 g/mol. The lowest BCUT2D eigenvalue weighted by atomic mass is 10.2. The van der Waals surface area contributed by atoms with Crippen molar-refractivity contribution >= 4 is 12.4 Å². The summed E-state index contributed by atoms with van der Waals surface area (Å²) >= 11 is 0. The van der Waals surface area contributed by atoms with Crippen LogP contribution >= 0.6 is 12.4 Å². The van der Waals surface area contributed by atoms with Crippen LogP contribution in [0.1, 0.15) is 23.4 Å². The molecule has 3 rings (SSSR count). The van der Waals surface area contributed by atoms with Gasteiger partial charge in [-0.25, -0.2) is 0 Å². The van der Waals surface area contributed by atoms with Gasteiger partial charge in [-0.3, -0.25) is 4.90 Å². The van der Waals surface area contributed by atoms with E-state index in [1.807, 2.05) is 19.9 Å². The molecule has 7 heteroatoms. The lowest BCUT2D eigenvalue weighted by Gasteiger charge is -2.30. The monoisotopic (exact) mass is 298 g/mol. The Hall–Kier alpha value is -1.37. The van der Waals surface area contributed by atoms with Crippen molar-refractivity contribution in [3.63, 3.8) is 0 Å². The first-order valence-electron chi connectivity index (χ1n) is 6.47. The fourth-order valence-corrected chi connectivity index (χ4v) is 2.42. The third-order valence-electron chi connectivity index (χ3n) is 3.52. The predicted molar refractivity (Wildman–Crippen MR) is 77.0 cm³/mol. The highest BCUT2D eigenvalue weighted by Gasteiger charge is 2.26. The zero-order valence-corrected chi connectivity index (χ0v) is 12.7. The van der Waals surface area contributed by atoms with Gasteiger partial charge < -0.3 is 14.3 Å². The molecule has 0 aliphatic carbocycles. The number of nitrogens with zero attached hydrogens (tertiary/aromatic N) is 3. The molecule has 1 aliphatic rings. The van der Waals surface area contributed by atoms with E-state index in [9.17, 15) is 0 Å². The van der Waals surface area contributed by atoms with Crippen LogP contribution in [0.4, 0.5) is 0 Å². The van der Waals surface area contributed by atoms with Crippen LogP contribution in [0.25, 0.3) is 11.5 Å². The first-order chi connectivity index (χ1) is 9.15. The first-order valence-corrected chi connectivity index (χ1v) is 6.47. The molecule has 0 amide bonds. The third-order valence-corrected chi connectivity index (χ3v) is 3.52. The quantitative estimate of drug-likeness (QED) is 0.914. The van der Waals surface area contributed by atoms with Gasteiger partial charge in [-0.2, -0.15) is 4.98 Å². The largest absolute Gasteiger partial charge is 0.466 e. The summed E-state index contributed by atoms with van der Waals surface area (Å²) in [7, 11) is 2.08. The standard InChI is InChI=1S/C13H18N4O2.ClH/c1-8-6-10(9(2)18-8)13-15-12(16-19-13)11-7-14-4-5-17(11)3;/h6,11,14H,4-5,7H2,1-3H3;1H. The molecule has 1 unspecified atom stereocenters. The van der Waals surface area contributed by atoms with E-state index < -0.39 is 0 Å². The molecule has 0 radical (unpaired) electrons. The van der Waals surface area contributed by atoms with Gasteiger partial charge in [0, 0.05) is 19.6 Å². The van der Waals surface area contributed by atoms with E-state index in [-0.39, 0.29) is 18.4 Å². The third kappa shape index (κ3) is 2.72. The molecule has 3 heterocycles. The minimum Gasteiger partial charge on any atom is -0.466 e. The van der Waals surface area contributed by atoms with Crippen molar-refractivity contribution in [2.45, 2.75) is 19.9 Å². The van der Waals surface area contributed by atoms with Crippen molar-refractivity contribution in [1.29, 1.82) is 0 Å². The number of nitrogens with one attached hydrogen (secondary N) is 1. The van der Waals surface area contributed by atoms with E-state index in [2.05, 4.69) is 27.4 Å². The summed E-state index contributed by atoms with van der Waals surface area (Å²) in [6.07, 6.45) is 0. The first kappa shape index (κ1) is 15.0. The Morgan fingerprint density at radius 2 is 2.20 bits per heavy atom. The zero-order chi connectivity index (χ0) is 13.4. The number of hydrogen-bond acceptors (Lipinski definition) is 6. The SMILES string of the molecule is Cc1cc(-c2nc(C3CNCCN3C)no2)c(C)o1.Cl. The van der Waals surface area contributed by atoms with Crippen molar-refractivity contribution in [2.75, 3.05) is 26.7 Å². The minimum atomic E-state index is 0. The maximum atomic E-state index is 5.49. The number of rotatable bonds is 2. The molecular formula is C13H19ClN4O2. The minimum absolute atomic E-state index is 0. The normalized spacial score (nSPS) is 19.9. The van der Waals surface area contributed by atoms with E-state index in [1.54, 1.807) is 0 Å². The zero-order valence-electron chi connectivity index (χ0n) is 11.8. The fourth-order valence-electron chi connectivity index (χ4n) is 2.42. The van der Waals surface area contributed by atoms with Crippen molar-refractivity contribution in [3.05, 3.63) is 23.4 Å². The Kier molecular flexibility index (Phi) is 4.47. The van der Waals surface area contributed by atoms with Crippen LogP contribution in [0.5, 0.6) is 0 Å². The van der Waals surface area contributed by atoms with Crippen molar-refractivity contribution < 1.29 is 8.94 Å². The highest BCUT2D eigenvalue weighted by Crippen LogP contribution is 2.27. The van der Waals surface area contributed by atoms with Gasteiger partial charge >= 0.3 is 0 Å². The lowest BCUT2D eigenvalue weighted by Crippen LogP contribution is -2.44. The van der Waals surface area contributed by atoms with E-state index in [0.717, 1.165) is 42.5 Å². The molecule has 6 nitrogen and oxygen atoms in total. The summed E-state index contributed by atoms with van der Waals surface area (Å²) in [5, 5.41) is 7.45. The van der Waals surface area contributed by atoms with Crippen LogP contribution in [0.2, 0.25) is 0 Å². The highest BCUT2D eigenvalue weighted by molar-refractivity contribution is 5.85. The molecule has 0 saturated carbocycles. The Morgan fingerprint density at radius 1 is 1.40 bits per heavy atom. The van der Waals surface area contributed by atoms with Gasteiger partial charge in [0.2, 0.25) is 0 Å². The average Bonchev–Trinajstić information content (AvgIpc) is 2.96.